The van der Waals surface area contributed by atoms with Gasteiger partial charge in [-0.2, -0.15) is 5.10 Å². The van der Waals surface area contributed by atoms with Gasteiger partial charge in [0.2, 0.25) is 5.91 Å². The van der Waals surface area contributed by atoms with Gasteiger partial charge in [-0.1, -0.05) is 24.3 Å². The van der Waals surface area contributed by atoms with Crippen LogP contribution in [0, 0.1) is 5.92 Å². The van der Waals surface area contributed by atoms with E-state index < -0.39 is 0 Å². The molecule has 0 spiro atoms. The summed E-state index contributed by atoms with van der Waals surface area (Å²) >= 11 is 0. The van der Waals surface area contributed by atoms with E-state index in [1.54, 1.807) is 6.20 Å². The fourth-order valence-corrected chi connectivity index (χ4v) is 3.11. The highest BCUT2D eigenvalue weighted by Gasteiger charge is 2.23. The number of hydrogen-bond donors (Lipinski definition) is 2. The SMILES string of the molecule is O=C(CN1CCC(CO)C1)NCc1ccccc1Cn1cccn1. The highest BCUT2D eigenvalue weighted by molar-refractivity contribution is 5.78. The summed E-state index contributed by atoms with van der Waals surface area (Å²) < 4.78 is 1.87. The first-order valence-electron chi connectivity index (χ1n) is 8.38. The number of benzene rings is 1. The molecule has 1 amide bonds. The molecule has 1 atom stereocenters. The Morgan fingerprint density at radius 1 is 1.29 bits per heavy atom. The van der Waals surface area contributed by atoms with Crippen LogP contribution in [0.4, 0.5) is 0 Å². The Kier molecular flexibility index (Phi) is 5.61. The van der Waals surface area contributed by atoms with Crippen molar-refractivity contribution < 1.29 is 9.90 Å². The van der Waals surface area contributed by atoms with E-state index in [1.807, 2.05) is 35.1 Å². The van der Waals surface area contributed by atoms with Crippen molar-refractivity contribution in [3.63, 3.8) is 0 Å². The quantitative estimate of drug-likeness (QED) is 0.791. The minimum Gasteiger partial charge on any atom is -0.396 e. The molecule has 1 unspecified atom stereocenters. The average molecular weight is 328 g/mol. The molecule has 128 valence electrons. The molecule has 1 aliphatic heterocycles. The monoisotopic (exact) mass is 328 g/mol. The average Bonchev–Trinajstić information content (AvgIpc) is 3.26. The van der Waals surface area contributed by atoms with Crippen LogP contribution in [0.15, 0.2) is 42.7 Å². The molecule has 2 heterocycles. The highest BCUT2D eigenvalue weighted by atomic mass is 16.3. The maximum Gasteiger partial charge on any atom is 0.234 e. The van der Waals surface area contributed by atoms with Crippen LogP contribution in [0.3, 0.4) is 0 Å². The van der Waals surface area contributed by atoms with Gasteiger partial charge in [0.05, 0.1) is 13.1 Å². The number of rotatable bonds is 7. The topological polar surface area (TPSA) is 70.4 Å². The first kappa shape index (κ1) is 16.7. The second-order valence-electron chi connectivity index (χ2n) is 6.32. The molecule has 2 N–H and O–H groups in total. The molecule has 1 aromatic heterocycles. The minimum atomic E-state index is 0.0301. The lowest BCUT2D eigenvalue weighted by Crippen LogP contribution is -2.36. The first-order valence-corrected chi connectivity index (χ1v) is 8.38. The van der Waals surface area contributed by atoms with E-state index in [-0.39, 0.29) is 12.5 Å². The number of aliphatic hydroxyl groups is 1. The number of carbonyl (C=O) groups is 1. The maximum atomic E-state index is 12.2. The van der Waals surface area contributed by atoms with Crippen molar-refractivity contribution in [2.75, 3.05) is 26.2 Å². The number of nitrogens with zero attached hydrogens (tertiary/aromatic N) is 3. The molecular formula is C18H24N4O2. The molecule has 24 heavy (non-hydrogen) atoms. The normalized spacial score (nSPS) is 18.0. The summed E-state index contributed by atoms with van der Waals surface area (Å²) in [5, 5.41) is 16.4. The molecule has 6 heteroatoms. The van der Waals surface area contributed by atoms with Crippen molar-refractivity contribution in [1.82, 2.24) is 20.0 Å². The zero-order valence-corrected chi connectivity index (χ0v) is 13.8. The fraction of sp³-hybridized carbons (Fsp3) is 0.444. The third-order valence-corrected chi connectivity index (χ3v) is 4.48. The van der Waals surface area contributed by atoms with Gasteiger partial charge in [0.15, 0.2) is 0 Å². The van der Waals surface area contributed by atoms with Crippen molar-refractivity contribution in [1.29, 1.82) is 0 Å². The van der Waals surface area contributed by atoms with Crippen LogP contribution >= 0.6 is 0 Å². The maximum absolute atomic E-state index is 12.2. The van der Waals surface area contributed by atoms with Crippen LogP contribution < -0.4 is 5.32 Å². The van der Waals surface area contributed by atoms with Gasteiger partial charge in [0.1, 0.15) is 0 Å². The van der Waals surface area contributed by atoms with Crippen molar-refractivity contribution >= 4 is 5.91 Å². The number of aliphatic hydroxyl groups excluding tert-OH is 1. The molecule has 0 aliphatic carbocycles. The Labute approximate surface area is 142 Å². The van der Waals surface area contributed by atoms with Gasteiger partial charge in [-0.25, -0.2) is 0 Å². The van der Waals surface area contributed by atoms with Crippen LogP contribution in [-0.2, 0) is 17.9 Å². The Morgan fingerprint density at radius 3 is 2.83 bits per heavy atom. The van der Waals surface area contributed by atoms with Gasteiger partial charge < -0.3 is 10.4 Å². The third-order valence-electron chi connectivity index (χ3n) is 4.48. The predicted molar refractivity (Wildman–Crippen MR) is 91.3 cm³/mol. The Balaban J connectivity index is 1.52. The molecule has 0 bridgehead atoms. The van der Waals surface area contributed by atoms with E-state index in [1.165, 1.54) is 0 Å². The summed E-state index contributed by atoms with van der Waals surface area (Å²) in [5.74, 6) is 0.343. The molecule has 6 nitrogen and oxygen atoms in total. The lowest BCUT2D eigenvalue weighted by Gasteiger charge is -2.16. The van der Waals surface area contributed by atoms with Crippen LogP contribution in [-0.4, -0.2) is 51.9 Å². The summed E-state index contributed by atoms with van der Waals surface area (Å²) in [5.41, 5.74) is 2.26. The van der Waals surface area contributed by atoms with Crippen LogP contribution in [0.25, 0.3) is 0 Å². The van der Waals surface area contributed by atoms with E-state index in [0.717, 1.165) is 30.6 Å². The minimum absolute atomic E-state index is 0.0301. The molecule has 1 fully saturated rings. The highest BCUT2D eigenvalue weighted by Crippen LogP contribution is 2.15. The zero-order chi connectivity index (χ0) is 16.8. The molecule has 2 aromatic rings. The number of carbonyl (C=O) groups excluding carboxylic acids is 1. The lowest BCUT2D eigenvalue weighted by atomic mass is 10.1. The summed E-state index contributed by atoms with van der Waals surface area (Å²) in [6.45, 7) is 3.52. The molecule has 1 aliphatic rings. The predicted octanol–water partition coefficient (Wildman–Crippen LogP) is 0.862. The summed E-state index contributed by atoms with van der Waals surface area (Å²) in [6.07, 6.45) is 4.66. The molecule has 3 rings (SSSR count). The van der Waals surface area contributed by atoms with Gasteiger partial charge >= 0.3 is 0 Å². The first-order chi connectivity index (χ1) is 11.7. The number of aromatic nitrogens is 2. The van der Waals surface area contributed by atoms with E-state index >= 15 is 0 Å². The van der Waals surface area contributed by atoms with Crippen molar-refractivity contribution in [2.45, 2.75) is 19.5 Å². The van der Waals surface area contributed by atoms with Crippen molar-refractivity contribution in [3.8, 4) is 0 Å². The molecule has 0 radical (unpaired) electrons. The van der Waals surface area contributed by atoms with E-state index in [2.05, 4.69) is 21.4 Å². The standard InChI is InChI=1S/C18H24N4O2/c23-14-15-6-9-21(11-15)13-18(24)19-10-16-4-1-2-5-17(16)12-22-8-3-7-20-22/h1-5,7-8,15,23H,6,9-14H2,(H,19,24). The zero-order valence-electron chi connectivity index (χ0n) is 13.8. The number of nitrogens with one attached hydrogen (secondary N) is 1. The van der Waals surface area contributed by atoms with Gasteiger partial charge in [-0.3, -0.25) is 14.4 Å². The summed E-state index contributed by atoms with van der Waals surface area (Å²) in [4.78, 5) is 14.3. The molecule has 0 saturated carbocycles. The van der Waals surface area contributed by atoms with Gasteiger partial charge in [0.25, 0.3) is 0 Å². The summed E-state index contributed by atoms with van der Waals surface area (Å²) in [6, 6.07) is 10.00. The smallest absolute Gasteiger partial charge is 0.234 e. The number of amides is 1. The second-order valence-corrected chi connectivity index (χ2v) is 6.32. The summed E-state index contributed by atoms with van der Waals surface area (Å²) in [7, 11) is 0. The van der Waals surface area contributed by atoms with Crippen LogP contribution in [0.1, 0.15) is 17.5 Å². The van der Waals surface area contributed by atoms with Crippen molar-refractivity contribution in [3.05, 3.63) is 53.9 Å². The number of hydrogen-bond acceptors (Lipinski definition) is 4. The second kappa shape index (κ2) is 8.08. The Hall–Kier alpha value is -2.18. The number of likely N-dealkylation sites (tertiary alicyclic amines) is 1. The largest absolute Gasteiger partial charge is 0.396 e. The van der Waals surface area contributed by atoms with Gasteiger partial charge in [-0.15, -0.1) is 0 Å². The molecular weight excluding hydrogens is 304 g/mol. The van der Waals surface area contributed by atoms with Crippen LogP contribution in [0.5, 0.6) is 0 Å². The van der Waals surface area contributed by atoms with Gasteiger partial charge in [-0.05, 0) is 36.1 Å². The van der Waals surface area contributed by atoms with Crippen LogP contribution in [0.2, 0.25) is 0 Å². The van der Waals surface area contributed by atoms with E-state index in [9.17, 15) is 9.90 Å². The lowest BCUT2D eigenvalue weighted by molar-refractivity contribution is -0.122. The molecule has 1 aromatic carbocycles. The van der Waals surface area contributed by atoms with Gasteiger partial charge in [0, 0.05) is 32.1 Å². The van der Waals surface area contributed by atoms with Crippen molar-refractivity contribution in [2.24, 2.45) is 5.92 Å². The molecule has 1 saturated heterocycles. The Bertz CT molecular complexity index is 657. The van der Waals surface area contributed by atoms with E-state index in [0.29, 0.717) is 25.6 Å². The third kappa shape index (κ3) is 4.43. The fourth-order valence-electron chi connectivity index (χ4n) is 3.11. The van der Waals surface area contributed by atoms with E-state index in [4.69, 9.17) is 0 Å². The Morgan fingerprint density at radius 2 is 2.12 bits per heavy atom.